The molecule has 1 nitrogen and oxygen atoms in total. The molecule has 82 valence electrons. The molecule has 0 aliphatic heterocycles. The SMILES string of the molecule is CC(C)(C)NCC(F)C1=CCCCC1. The zero-order chi connectivity index (χ0) is 10.6. The lowest BCUT2D eigenvalue weighted by Gasteiger charge is -2.24. The summed E-state index contributed by atoms with van der Waals surface area (Å²) >= 11 is 0. The predicted molar refractivity (Wildman–Crippen MR) is 59.2 cm³/mol. The first kappa shape index (κ1) is 11.7. The van der Waals surface area contributed by atoms with E-state index >= 15 is 0 Å². The Morgan fingerprint density at radius 2 is 2.14 bits per heavy atom. The lowest BCUT2D eigenvalue weighted by molar-refractivity contribution is 0.310. The Hall–Kier alpha value is -0.370. The van der Waals surface area contributed by atoms with Crippen LogP contribution in [0.5, 0.6) is 0 Å². The zero-order valence-corrected chi connectivity index (χ0v) is 9.57. The van der Waals surface area contributed by atoms with Crippen molar-refractivity contribution in [3.05, 3.63) is 11.6 Å². The molecule has 1 aliphatic rings. The topological polar surface area (TPSA) is 12.0 Å². The molecule has 0 amide bonds. The molecule has 1 rings (SSSR count). The third-order valence-electron chi connectivity index (χ3n) is 2.54. The number of nitrogens with one attached hydrogen (secondary N) is 1. The van der Waals surface area contributed by atoms with Crippen LogP contribution in [0.1, 0.15) is 46.5 Å². The molecule has 0 saturated heterocycles. The molecule has 2 heteroatoms. The van der Waals surface area contributed by atoms with Crippen LogP contribution in [0.2, 0.25) is 0 Å². The molecule has 0 aromatic carbocycles. The summed E-state index contributed by atoms with van der Waals surface area (Å²) in [5.41, 5.74) is 1.02. The van der Waals surface area contributed by atoms with Gasteiger partial charge in [-0.05, 0) is 52.0 Å². The van der Waals surface area contributed by atoms with E-state index in [-0.39, 0.29) is 5.54 Å². The van der Waals surface area contributed by atoms with E-state index in [1.54, 1.807) is 0 Å². The molecule has 0 saturated carbocycles. The summed E-state index contributed by atoms with van der Waals surface area (Å²) in [6.07, 6.45) is 5.69. The van der Waals surface area contributed by atoms with Crippen molar-refractivity contribution < 1.29 is 4.39 Å². The standard InChI is InChI=1S/C12H22FN/c1-12(2,3)14-9-11(13)10-7-5-4-6-8-10/h7,11,14H,4-6,8-9H2,1-3H3. The number of allylic oxidation sites excluding steroid dienone is 1. The van der Waals surface area contributed by atoms with Crippen LogP contribution in [-0.2, 0) is 0 Å². The maximum atomic E-state index is 13.7. The van der Waals surface area contributed by atoms with Crippen molar-refractivity contribution in [2.24, 2.45) is 0 Å². The summed E-state index contributed by atoms with van der Waals surface area (Å²) in [6, 6.07) is 0. The minimum atomic E-state index is -0.783. The molecule has 14 heavy (non-hydrogen) atoms. The monoisotopic (exact) mass is 199 g/mol. The number of hydrogen-bond donors (Lipinski definition) is 1. The number of rotatable bonds is 3. The normalized spacial score (nSPS) is 20.4. The van der Waals surface area contributed by atoms with E-state index < -0.39 is 6.17 Å². The van der Waals surface area contributed by atoms with Gasteiger partial charge < -0.3 is 5.32 Å². The van der Waals surface area contributed by atoms with Crippen molar-refractivity contribution in [2.45, 2.75) is 58.2 Å². The van der Waals surface area contributed by atoms with E-state index in [1.165, 1.54) is 6.42 Å². The van der Waals surface area contributed by atoms with Gasteiger partial charge in [-0.1, -0.05) is 6.08 Å². The molecule has 1 aliphatic carbocycles. The lowest BCUT2D eigenvalue weighted by atomic mass is 9.95. The lowest BCUT2D eigenvalue weighted by Crippen LogP contribution is -2.40. The highest BCUT2D eigenvalue weighted by atomic mass is 19.1. The van der Waals surface area contributed by atoms with Crippen LogP contribution in [-0.4, -0.2) is 18.3 Å². The first-order valence-corrected chi connectivity index (χ1v) is 5.57. The molecule has 0 aromatic rings. The number of hydrogen-bond acceptors (Lipinski definition) is 1. The maximum Gasteiger partial charge on any atom is 0.134 e. The summed E-state index contributed by atoms with van der Waals surface area (Å²) < 4.78 is 13.7. The Morgan fingerprint density at radius 3 is 2.64 bits per heavy atom. The van der Waals surface area contributed by atoms with Gasteiger partial charge in [0.2, 0.25) is 0 Å². The molecule has 0 fully saturated rings. The van der Waals surface area contributed by atoms with Crippen molar-refractivity contribution in [1.82, 2.24) is 5.32 Å². The third-order valence-corrected chi connectivity index (χ3v) is 2.54. The molecule has 0 heterocycles. The van der Waals surface area contributed by atoms with Gasteiger partial charge in [0, 0.05) is 12.1 Å². The second kappa shape index (κ2) is 4.92. The van der Waals surface area contributed by atoms with E-state index in [1.807, 2.05) is 0 Å². The van der Waals surface area contributed by atoms with Gasteiger partial charge in [-0.25, -0.2) is 4.39 Å². The van der Waals surface area contributed by atoms with Crippen molar-refractivity contribution >= 4 is 0 Å². The van der Waals surface area contributed by atoms with E-state index in [4.69, 9.17) is 0 Å². The minimum Gasteiger partial charge on any atom is -0.309 e. The van der Waals surface area contributed by atoms with E-state index in [0.29, 0.717) is 6.54 Å². The van der Waals surface area contributed by atoms with Crippen LogP contribution in [0.4, 0.5) is 4.39 Å². The van der Waals surface area contributed by atoms with Gasteiger partial charge in [0.25, 0.3) is 0 Å². The summed E-state index contributed by atoms with van der Waals surface area (Å²) in [7, 11) is 0. The Bertz CT molecular complexity index is 203. The van der Waals surface area contributed by atoms with Gasteiger partial charge in [-0.15, -0.1) is 0 Å². The molecular formula is C12H22FN. The highest BCUT2D eigenvalue weighted by Gasteiger charge is 2.17. The first-order chi connectivity index (χ1) is 6.49. The summed E-state index contributed by atoms with van der Waals surface area (Å²) in [6.45, 7) is 6.65. The highest BCUT2D eigenvalue weighted by Crippen LogP contribution is 2.22. The van der Waals surface area contributed by atoms with Gasteiger partial charge in [-0.2, -0.15) is 0 Å². The average Bonchev–Trinajstić information content (AvgIpc) is 2.14. The van der Waals surface area contributed by atoms with Crippen LogP contribution in [0.15, 0.2) is 11.6 Å². The Balaban J connectivity index is 2.34. The first-order valence-electron chi connectivity index (χ1n) is 5.57. The van der Waals surface area contributed by atoms with Gasteiger partial charge in [0.1, 0.15) is 6.17 Å². The van der Waals surface area contributed by atoms with Crippen LogP contribution in [0, 0.1) is 0 Å². The van der Waals surface area contributed by atoms with Gasteiger partial charge in [0.05, 0.1) is 0 Å². The van der Waals surface area contributed by atoms with Crippen molar-refractivity contribution in [3.63, 3.8) is 0 Å². The van der Waals surface area contributed by atoms with Crippen LogP contribution in [0.25, 0.3) is 0 Å². The largest absolute Gasteiger partial charge is 0.309 e. The van der Waals surface area contributed by atoms with Crippen molar-refractivity contribution in [1.29, 1.82) is 0 Å². The molecular weight excluding hydrogens is 177 g/mol. The molecule has 0 aromatic heterocycles. The van der Waals surface area contributed by atoms with E-state index in [2.05, 4.69) is 32.2 Å². The molecule has 0 bridgehead atoms. The van der Waals surface area contributed by atoms with Gasteiger partial charge in [-0.3, -0.25) is 0 Å². The van der Waals surface area contributed by atoms with E-state index in [0.717, 1.165) is 24.8 Å². The maximum absolute atomic E-state index is 13.7. The summed E-state index contributed by atoms with van der Waals surface area (Å²) in [4.78, 5) is 0. The number of alkyl halides is 1. The quantitative estimate of drug-likeness (QED) is 0.688. The highest BCUT2D eigenvalue weighted by molar-refractivity contribution is 5.11. The van der Waals surface area contributed by atoms with Crippen LogP contribution < -0.4 is 5.32 Å². The molecule has 1 N–H and O–H groups in total. The van der Waals surface area contributed by atoms with Gasteiger partial charge in [0.15, 0.2) is 0 Å². The number of halogens is 1. The Kier molecular flexibility index (Phi) is 4.11. The molecule has 1 atom stereocenters. The average molecular weight is 199 g/mol. The zero-order valence-electron chi connectivity index (χ0n) is 9.57. The van der Waals surface area contributed by atoms with E-state index in [9.17, 15) is 4.39 Å². The van der Waals surface area contributed by atoms with Crippen LogP contribution in [0.3, 0.4) is 0 Å². The second-order valence-electron chi connectivity index (χ2n) is 5.12. The van der Waals surface area contributed by atoms with Crippen LogP contribution >= 0.6 is 0 Å². The molecule has 0 spiro atoms. The smallest absolute Gasteiger partial charge is 0.134 e. The van der Waals surface area contributed by atoms with Crippen molar-refractivity contribution in [2.75, 3.05) is 6.54 Å². The predicted octanol–water partition coefficient (Wildman–Crippen LogP) is 3.21. The fourth-order valence-electron chi connectivity index (χ4n) is 1.67. The minimum absolute atomic E-state index is 0.0135. The van der Waals surface area contributed by atoms with Gasteiger partial charge >= 0.3 is 0 Å². The summed E-state index contributed by atoms with van der Waals surface area (Å²) in [5, 5.41) is 3.20. The fourth-order valence-corrected chi connectivity index (χ4v) is 1.67. The fraction of sp³-hybridized carbons (Fsp3) is 0.833. The van der Waals surface area contributed by atoms with Crippen molar-refractivity contribution in [3.8, 4) is 0 Å². The Labute approximate surface area is 86.8 Å². The Morgan fingerprint density at radius 1 is 1.43 bits per heavy atom. The molecule has 1 unspecified atom stereocenters. The summed E-state index contributed by atoms with van der Waals surface area (Å²) in [5.74, 6) is 0. The second-order valence-corrected chi connectivity index (χ2v) is 5.12. The molecule has 0 radical (unpaired) electrons. The third kappa shape index (κ3) is 4.23.